The van der Waals surface area contributed by atoms with Crippen molar-refractivity contribution in [2.75, 3.05) is 6.61 Å². The van der Waals surface area contributed by atoms with Crippen molar-refractivity contribution in [3.63, 3.8) is 0 Å². The lowest BCUT2D eigenvalue weighted by Gasteiger charge is -2.08. The van der Waals surface area contributed by atoms with Crippen LogP contribution in [0.4, 0.5) is 0 Å². The third-order valence-electron chi connectivity index (χ3n) is 1.89. The highest BCUT2D eigenvalue weighted by Gasteiger charge is 2.03. The molecule has 2 N–H and O–H groups in total. The van der Waals surface area contributed by atoms with Crippen molar-refractivity contribution >= 4 is 0 Å². The summed E-state index contributed by atoms with van der Waals surface area (Å²) in [5.74, 6) is 0.801. The van der Waals surface area contributed by atoms with Gasteiger partial charge in [0, 0.05) is 6.04 Å². The molecule has 0 aromatic carbocycles. The number of rotatable bonds is 4. The second-order valence-electron chi connectivity index (χ2n) is 2.87. The summed E-state index contributed by atoms with van der Waals surface area (Å²) in [6, 6.07) is 3.86. The third-order valence-corrected chi connectivity index (χ3v) is 1.89. The van der Waals surface area contributed by atoms with Gasteiger partial charge in [0.25, 0.3) is 0 Å². The maximum atomic E-state index is 5.81. The number of nitrogens with two attached hydrogens (primary N) is 1. The molecule has 0 spiro atoms. The van der Waals surface area contributed by atoms with Crippen LogP contribution in [0.3, 0.4) is 0 Å². The molecule has 3 heteroatoms. The standard InChI is InChI=1S/C10H16N2O/c1-3-9(11)10-6-5-8(7-12-10)13-4-2/h5-7,9H,3-4,11H2,1-2H3/t9-/m0/s1. The van der Waals surface area contributed by atoms with Gasteiger partial charge in [-0.05, 0) is 25.5 Å². The predicted molar refractivity (Wildman–Crippen MR) is 52.6 cm³/mol. The fraction of sp³-hybridized carbons (Fsp3) is 0.500. The zero-order chi connectivity index (χ0) is 9.68. The molecule has 1 aromatic heterocycles. The average Bonchev–Trinajstić information content (AvgIpc) is 2.18. The minimum absolute atomic E-state index is 0.0377. The van der Waals surface area contributed by atoms with Gasteiger partial charge in [-0.1, -0.05) is 6.92 Å². The number of ether oxygens (including phenoxy) is 1. The van der Waals surface area contributed by atoms with Gasteiger partial charge in [-0.15, -0.1) is 0 Å². The zero-order valence-corrected chi connectivity index (χ0v) is 8.16. The normalized spacial score (nSPS) is 12.5. The fourth-order valence-electron chi connectivity index (χ4n) is 1.07. The second kappa shape index (κ2) is 4.82. The summed E-state index contributed by atoms with van der Waals surface area (Å²) in [7, 11) is 0. The molecule has 0 bridgehead atoms. The van der Waals surface area contributed by atoms with Gasteiger partial charge in [0.15, 0.2) is 0 Å². The van der Waals surface area contributed by atoms with Crippen molar-refractivity contribution in [3.8, 4) is 5.75 Å². The van der Waals surface area contributed by atoms with E-state index in [4.69, 9.17) is 10.5 Å². The minimum atomic E-state index is 0.0377. The van der Waals surface area contributed by atoms with E-state index < -0.39 is 0 Å². The molecule has 0 unspecified atom stereocenters. The number of hydrogen-bond donors (Lipinski definition) is 1. The van der Waals surface area contributed by atoms with Crippen LogP contribution in [0.15, 0.2) is 18.3 Å². The van der Waals surface area contributed by atoms with Gasteiger partial charge in [0.1, 0.15) is 5.75 Å². The van der Waals surface area contributed by atoms with Gasteiger partial charge in [0.2, 0.25) is 0 Å². The number of pyridine rings is 1. The third kappa shape index (κ3) is 2.70. The molecule has 0 saturated carbocycles. The van der Waals surface area contributed by atoms with E-state index in [0.717, 1.165) is 17.9 Å². The van der Waals surface area contributed by atoms with Crippen molar-refractivity contribution in [2.45, 2.75) is 26.3 Å². The Balaban J connectivity index is 2.69. The molecule has 1 atom stereocenters. The van der Waals surface area contributed by atoms with Crippen molar-refractivity contribution in [2.24, 2.45) is 5.73 Å². The lowest BCUT2D eigenvalue weighted by Crippen LogP contribution is -2.10. The molecule has 72 valence electrons. The van der Waals surface area contributed by atoms with Crippen LogP contribution in [-0.4, -0.2) is 11.6 Å². The van der Waals surface area contributed by atoms with Crippen molar-refractivity contribution < 1.29 is 4.74 Å². The molecule has 0 fully saturated rings. The summed E-state index contributed by atoms with van der Waals surface area (Å²) in [4.78, 5) is 4.22. The highest BCUT2D eigenvalue weighted by Crippen LogP contribution is 2.14. The molecule has 13 heavy (non-hydrogen) atoms. The summed E-state index contributed by atoms with van der Waals surface area (Å²) in [6.07, 6.45) is 2.62. The summed E-state index contributed by atoms with van der Waals surface area (Å²) in [5, 5.41) is 0. The second-order valence-corrected chi connectivity index (χ2v) is 2.87. The minimum Gasteiger partial charge on any atom is -0.492 e. The van der Waals surface area contributed by atoms with Crippen molar-refractivity contribution in [3.05, 3.63) is 24.0 Å². The van der Waals surface area contributed by atoms with Gasteiger partial charge in [-0.3, -0.25) is 4.98 Å². The van der Waals surface area contributed by atoms with E-state index in [1.807, 2.05) is 26.0 Å². The summed E-state index contributed by atoms with van der Waals surface area (Å²) in [6.45, 7) is 4.66. The molecular weight excluding hydrogens is 164 g/mol. The lowest BCUT2D eigenvalue weighted by atomic mass is 10.1. The quantitative estimate of drug-likeness (QED) is 0.769. The van der Waals surface area contributed by atoms with Crippen LogP contribution in [0.1, 0.15) is 32.0 Å². The first-order valence-corrected chi connectivity index (χ1v) is 4.62. The van der Waals surface area contributed by atoms with Gasteiger partial charge in [-0.25, -0.2) is 0 Å². The van der Waals surface area contributed by atoms with Crippen LogP contribution < -0.4 is 10.5 Å². The molecule has 1 aromatic rings. The van der Waals surface area contributed by atoms with E-state index in [2.05, 4.69) is 4.98 Å². The van der Waals surface area contributed by atoms with Crippen molar-refractivity contribution in [1.82, 2.24) is 4.98 Å². The van der Waals surface area contributed by atoms with Gasteiger partial charge < -0.3 is 10.5 Å². The largest absolute Gasteiger partial charge is 0.492 e. The number of aromatic nitrogens is 1. The first-order valence-electron chi connectivity index (χ1n) is 4.62. The molecular formula is C10H16N2O. The molecule has 0 aliphatic rings. The monoisotopic (exact) mass is 180 g/mol. The molecule has 0 radical (unpaired) electrons. The van der Waals surface area contributed by atoms with E-state index in [9.17, 15) is 0 Å². The number of hydrogen-bond acceptors (Lipinski definition) is 3. The van der Waals surface area contributed by atoms with E-state index in [1.165, 1.54) is 0 Å². The molecule has 1 heterocycles. The van der Waals surface area contributed by atoms with Crippen LogP contribution in [0.5, 0.6) is 5.75 Å². The van der Waals surface area contributed by atoms with Gasteiger partial charge >= 0.3 is 0 Å². The average molecular weight is 180 g/mol. The maximum absolute atomic E-state index is 5.81. The molecule has 0 saturated heterocycles. The molecule has 0 aliphatic heterocycles. The smallest absolute Gasteiger partial charge is 0.137 e. The van der Waals surface area contributed by atoms with Crippen LogP contribution >= 0.6 is 0 Å². The Bertz CT molecular complexity index is 246. The van der Waals surface area contributed by atoms with Crippen molar-refractivity contribution in [1.29, 1.82) is 0 Å². The lowest BCUT2D eigenvalue weighted by molar-refractivity contribution is 0.338. The van der Waals surface area contributed by atoms with Gasteiger partial charge in [0.05, 0.1) is 18.5 Å². The highest BCUT2D eigenvalue weighted by molar-refractivity contribution is 5.21. The Hall–Kier alpha value is -1.09. The Labute approximate surface area is 78.9 Å². The van der Waals surface area contributed by atoms with Gasteiger partial charge in [-0.2, -0.15) is 0 Å². The van der Waals surface area contributed by atoms with E-state index in [0.29, 0.717) is 6.61 Å². The Morgan fingerprint density at radius 3 is 2.69 bits per heavy atom. The summed E-state index contributed by atoms with van der Waals surface area (Å²) in [5.41, 5.74) is 6.74. The number of nitrogens with zero attached hydrogens (tertiary/aromatic N) is 1. The summed E-state index contributed by atoms with van der Waals surface area (Å²) < 4.78 is 5.27. The molecule has 3 nitrogen and oxygen atoms in total. The predicted octanol–water partition coefficient (Wildman–Crippen LogP) is 1.89. The van der Waals surface area contributed by atoms with Crippen LogP contribution in [-0.2, 0) is 0 Å². The topological polar surface area (TPSA) is 48.1 Å². The molecule has 0 amide bonds. The SMILES string of the molecule is CCOc1ccc([C@@H](N)CC)nc1. The van der Waals surface area contributed by atoms with Crippen LogP contribution in [0.2, 0.25) is 0 Å². The van der Waals surface area contributed by atoms with E-state index >= 15 is 0 Å². The van der Waals surface area contributed by atoms with Crippen LogP contribution in [0, 0.1) is 0 Å². The molecule has 0 aliphatic carbocycles. The van der Waals surface area contributed by atoms with E-state index in [-0.39, 0.29) is 6.04 Å². The zero-order valence-electron chi connectivity index (χ0n) is 8.16. The summed E-state index contributed by atoms with van der Waals surface area (Å²) >= 11 is 0. The maximum Gasteiger partial charge on any atom is 0.137 e. The Morgan fingerprint density at radius 1 is 1.46 bits per heavy atom. The highest BCUT2D eigenvalue weighted by atomic mass is 16.5. The first kappa shape index (κ1) is 9.99. The first-order chi connectivity index (χ1) is 6.27. The molecule has 1 rings (SSSR count). The Morgan fingerprint density at radius 2 is 2.23 bits per heavy atom. The van der Waals surface area contributed by atoms with Crippen LogP contribution in [0.25, 0.3) is 0 Å². The Kier molecular flexibility index (Phi) is 3.71. The van der Waals surface area contributed by atoms with E-state index in [1.54, 1.807) is 6.20 Å². The fourth-order valence-corrected chi connectivity index (χ4v) is 1.07.